The monoisotopic (exact) mass is 598 g/mol. The van der Waals surface area contributed by atoms with Gasteiger partial charge >= 0.3 is 11.9 Å². The molecule has 9 nitrogen and oxygen atoms in total. The van der Waals surface area contributed by atoms with Crippen LogP contribution in [0.4, 0.5) is 5.13 Å². The van der Waals surface area contributed by atoms with Crippen LogP contribution in [0.1, 0.15) is 65.6 Å². The number of ether oxygens (including phenoxy) is 3. The van der Waals surface area contributed by atoms with Gasteiger partial charge in [0.25, 0.3) is 5.78 Å². The second-order valence-corrected chi connectivity index (χ2v) is 10.7. The van der Waals surface area contributed by atoms with Crippen LogP contribution in [-0.2, 0) is 14.3 Å². The van der Waals surface area contributed by atoms with Crippen molar-refractivity contribution in [3.8, 4) is 11.5 Å². The Morgan fingerprint density at radius 1 is 1.07 bits per heavy atom. The van der Waals surface area contributed by atoms with E-state index in [9.17, 15) is 19.5 Å². The SMILES string of the molecule is CCCCCOc1ccc(C2C(=C(O)c3ccc(Cl)cc3)C(=O)C(=O)N2c2nc(C)c(C(=O)OC)s2)cc1OCC. The number of carbonyl (C=O) groups excluding carboxylic acids is 3. The van der Waals surface area contributed by atoms with Crippen molar-refractivity contribution in [2.75, 3.05) is 25.2 Å². The van der Waals surface area contributed by atoms with Crippen LogP contribution in [-0.4, -0.2) is 48.1 Å². The Bertz CT molecular complexity index is 1480. The molecule has 1 unspecified atom stereocenters. The lowest BCUT2D eigenvalue weighted by Crippen LogP contribution is -2.29. The van der Waals surface area contributed by atoms with Gasteiger partial charge in [-0.05, 0) is 62.2 Å². The lowest BCUT2D eigenvalue weighted by atomic mass is 9.95. The van der Waals surface area contributed by atoms with Crippen LogP contribution in [0.3, 0.4) is 0 Å². The second kappa shape index (κ2) is 13.2. The molecule has 1 fully saturated rings. The van der Waals surface area contributed by atoms with E-state index in [-0.39, 0.29) is 21.3 Å². The predicted molar refractivity (Wildman–Crippen MR) is 157 cm³/mol. The van der Waals surface area contributed by atoms with Gasteiger partial charge in [-0.1, -0.05) is 48.8 Å². The molecule has 1 aliphatic heterocycles. The van der Waals surface area contributed by atoms with Crippen molar-refractivity contribution >= 4 is 51.5 Å². The standard InChI is InChI=1S/C30H31ClN2O7S/c1-5-7-8-15-40-21-14-11-19(16-22(21)39-6-2)24-23(25(34)18-9-12-20(31)13-10-18)26(35)28(36)33(24)30-32-17(3)27(41-30)29(37)38-4/h9-14,16,24,34H,5-8,15H2,1-4H3. The summed E-state index contributed by atoms with van der Waals surface area (Å²) in [4.78, 5) is 45.2. The summed E-state index contributed by atoms with van der Waals surface area (Å²) in [6.07, 6.45) is 2.97. The first-order valence-electron chi connectivity index (χ1n) is 13.2. The molecule has 3 aromatic rings. The van der Waals surface area contributed by atoms with Gasteiger partial charge < -0.3 is 19.3 Å². The summed E-state index contributed by atoms with van der Waals surface area (Å²) in [5.41, 5.74) is 1.00. The fourth-order valence-corrected chi connectivity index (χ4v) is 5.63. The van der Waals surface area contributed by atoms with Crippen LogP contribution in [0.25, 0.3) is 5.76 Å². The van der Waals surface area contributed by atoms with Gasteiger partial charge in [0.15, 0.2) is 16.6 Å². The Hall–Kier alpha value is -3.89. The highest BCUT2D eigenvalue weighted by Crippen LogP contribution is 2.45. The number of thiazole rings is 1. The lowest BCUT2D eigenvalue weighted by molar-refractivity contribution is -0.132. The molecule has 0 bridgehead atoms. The number of esters is 1. The number of benzene rings is 2. The zero-order chi connectivity index (χ0) is 29.7. The minimum absolute atomic E-state index is 0.114. The summed E-state index contributed by atoms with van der Waals surface area (Å²) in [5, 5.41) is 11.9. The molecule has 2 heterocycles. The van der Waals surface area contributed by atoms with Gasteiger partial charge in [0.2, 0.25) is 0 Å². The van der Waals surface area contributed by atoms with Crippen LogP contribution >= 0.6 is 22.9 Å². The molecule has 1 aliphatic rings. The summed E-state index contributed by atoms with van der Waals surface area (Å²) in [6, 6.07) is 10.3. The molecule has 0 radical (unpaired) electrons. The maximum Gasteiger partial charge on any atom is 0.350 e. The number of anilines is 1. The minimum Gasteiger partial charge on any atom is -0.507 e. The van der Waals surface area contributed by atoms with Crippen molar-refractivity contribution < 1.29 is 33.7 Å². The summed E-state index contributed by atoms with van der Waals surface area (Å²) < 4.78 is 16.7. The van der Waals surface area contributed by atoms with Crippen molar-refractivity contribution in [2.24, 2.45) is 0 Å². The Morgan fingerprint density at radius 3 is 2.46 bits per heavy atom. The lowest BCUT2D eigenvalue weighted by Gasteiger charge is -2.24. The molecule has 0 spiro atoms. The van der Waals surface area contributed by atoms with E-state index in [0.29, 0.717) is 46.6 Å². The Kier molecular flexibility index (Phi) is 9.67. The van der Waals surface area contributed by atoms with Crippen LogP contribution in [0, 0.1) is 6.92 Å². The zero-order valence-electron chi connectivity index (χ0n) is 23.2. The van der Waals surface area contributed by atoms with E-state index in [1.165, 1.54) is 12.0 Å². The van der Waals surface area contributed by atoms with Crippen LogP contribution in [0.2, 0.25) is 5.02 Å². The highest BCUT2D eigenvalue weighted by atomic mass is 35.5. The molecule has 1 aromatic heterocycles. The third-order valence-electron chi connectivity index (χ3n) is 6.51. The van der Waals surface area contributed by atoms with E-state index in [1.54, 1.807) is 49.4 Å². The van der Waals surface area contributed by atoms with Crippen LogP contribution in [0.15, 0.2) is 48.0 Å². The number of hydrogen-bond acceptors (Lipinski definition) is 9. The first kappa shape index (κ1) is 30.1. The van der Waals surface area contributed by atoms with Crippen molar-refractivity contribution in [2.45, 2.75) is 46.1 Å². The first-order chi connectivity index (χ1) is 19.7. The third kappa shape index (κ3) is 6.23. The number of aliphatic hydroxyl groups excluding tert-OH is 1. The molecule has 4 rings (SSSR count). The van der Waals surface area contributed by atoms with Crippen molar-refractivity contribution in [1.29, 1.82) is 0 Å². The number of hydrogen-bond donors (Lipinski definition) is 1. The van der Waals surface area contributed by atoms with Gasteiger partial charge in [0.05, 0.1) is 37.6 Å². The number of aromatic nitrogens is 1. The third-order valence-corrected chi connectivity index (χ3v) is 7.90. The molecule has 1 saturated heterocycles. The number of amides is 1. The Balaban J connectivity index is 1.88. The highest BCUT2D eigenvalue weighted by molar-refractivity contribution is 7.17. The number of Topliss-reactive ketones (excluding diaryl/α,β-unsaturated/α-hetero) is 1. The van der Waals surface area contributed by atoms with E-state index in [1.807, 2.05) is 6.92 Å². The van der Waals surface area contributed by atoms with Gasteiger partial charge in [0, 0.05) is 10.6 Å². The molecule has 1 N–H and O–H groups in total. The molecule has 1 atom stereocenters. The van der Waals surface area contributed by atoms with Gasteiger partial charge in [-0.25, -0.2) is 9.78 Å². The average Bonchev–Trinajstić information content (AvgIpc) is 3.47. The number of carbonyl (C=O) groups is 3. The number of unbranched alkanes of at least 4 members (excludes halogenated alkanes) is 2. The summed E-state index contributed by atoms with van der Waals surface area (Å²) in [5.74, 6) is -1.81. The zero-order valence-corrected chi connectivity index (χ0v) is 24.8. The van der Waals surface area contributed by atoms with E-state index in [0.717, 1.165) is 30.6 Å². The summed E-state index contributed by atoms with van der Waals surface area (Å²) in [6.45, 7) is 6.43. The molecule has 216 valence electrons. The normalized spacial score (nSPS) is 16.2. The number of aryl methyl sites for hydroxylation is 1. The van der Waals surface area contributed by atoms with Gasteiger partial charge in [-0.3, -0.25) is 14.5 Å². The number of aliphatic hydroxyl groups is 1. The quantitative estimate of drug-likeness (QED) is 0.0876. The number of rotatable bonds is 11. The second-order valence-electron chi connectivity index (χ2n) is 9.27. The fourth-order valence-electron chi connectivity index (χ4n) is 4.49. The van der Waals surface area contributed by atoms with E-state index in [2.05, 4.69) is 11.9 Å². The van der Waals surface area contributed by atoms with E-state index in [4.69, 9.17) is 25.8 Å². The molecule has 11 heteroatoms. The maximum atomic E-state index is 13.5. The molecule has 41 heavy (non-hydrogen) atoms. The Morgan fingerprint density at radius 2 is 1.80 bits per heavy atom. The summed E-state index contributed by atoms with van der Waals surface area (Å²) in [7, 11) is 1.25. The average molecular weight is 599 g/mol. The highest BCUT2D eigenvalue weighted by Gasteiger charge is 2.48. The topological polar surface area (TPSA) is 115 Å². The van der Waals surface area contributed by atoms with Crippen molar-refractivity contribution in [3.63, 3.8) is 0 Å². The minimum atomic E-state index is -1.07. The number of nitrogens with zero attached hydrogens (tertiary/aromatic N) is 2. The predicted octanol–water partition coefficient (Wildman–Crippen LogP) is 6.49. The molecule has 0 saturated carbocycles. The first-order valence-corrected chi connectivity index (χ1v) is 14.4. The van der Waals surface area contributed by atoms with Gasteiger partial charge in [-0.2, -0.15) is 0 Å². The smallest absolute Gasteiger partial charge is 0.350 e. The molecule has 0 aliphatic carbocycles. The van der Waals surface area contributed by atoms with Gasteiger partial charge in [0.1, 0.15) is 10.6 Å². The molecular formula is C30H31ClN2O7S. The van der Waals surface area contributed by atoms with E-state index < -0.39 is 23.7 Å². The van der Waals surface area contributed by atoms with Crippen LogP contribution < -0.4 is 14.4 Å². The van der Waals surface area contributed by atoms with Crippen molar-refractivity contribution in [1.82, 2.24) is 4.98 Å². The molecular weight excluding hydrogens is 568 g/mol. The molecule has 1 amide bonds. The number of halogens is 1. The number of ketones is 1. The number of methoxy groups -OCH3 is 1. The largest absolute Gasteiger partial charge is 0.507 e. The molecule has 2 aromatic carbocycles. The summed E-state index contributed by atoms with van der Waals surface area (Å²) >= 11 is 6.96. The Labute approximate surface area is 247 Å². The fraction of sp³-hybridized carbons (Fsp3) is 0.333. The van der Waals surface area contributed by atoms with Gasteiger partial charge in [-0.15, -0.1) is 0 Å². The van der Waals surface area contributed by atoms with E-state index >= 15 is 0 Å². The van der Waals surface area contributed by atoms with Crippen molar-refractivity contribution in [3.05, 3.63) is 74.8 Å². The maximum absolute atomic E-state index is 13.5. The van der Waals surface area contributed by atoms with Crippen LogP contribution in [0.5, 0.6) is 11.5 Å².